The number of benzene rings is 1. The normalized spacial score (nSPS) is 16.7. The van der Waals surface area contributed by atoms with E-state index in [1.807, 2.05) is 0 Å². The minimum Gasteiger partial charge on any atom is -0.490 e. The van der Waals surface area contributed by atoms with Gasteiger partial charge in [-0.15, -0.1) is 0 Å². The fourth-order valence-corrected chi connectivity index (χ4v) is 2.52. The molecule has 23 heavy (non-hydrogen) atoms. The molecule has 0 fully saturated rings. The molecule has 6 nitrogen and oxygen atoms in total. The predicted octanol–water partition coefficient (Wildman–Crippen LogP) is 2.33. The summed E-state index contributed by atoms with van der Waals surface area (Å²) in [6.45, 7) is 0.715. The Balaban J connectivity index is 1.65. The van der Waals surface area contributed by atoms with Gasteiger partial charge in [0.05, 0.1) is 31.1 Å². The Morgan fingerprint density at radius 1 is 1.39 bits per heavy atom. The summed E-state index contributed by atoms with van der Waals surface area (Å²) >= 11 is 0. The fourth-order valence-electron chi connectivity index (χ4n) is 2.52. The second-order valence-electron chi connectivity index (χ2n) is 5.23. The van der Waals surface area contributed by atoms with Crippen LogP contribution < -0.4 is 15.4 Å². The number of halogens is 1. The van der Waals surface area contributed by atoms with Crippen molar-refractivity contribution in [3.05, 3.63) is 53.9 Å². The van der Waals surface area contributed by atoms with E-state index in [0.29, 0.717) is 24.3 Å². The van der Waals surface area contributed by atoms with Gasteiger partial charge in [0, 0.05) is 18.0 Å². The minimum atomic E-state index is -0.406. The Morgan fingerprint density at radius 2 is 2.30 bits per heavy atom. The van der Waals surface area contributed by atoms with Crippen molar-refractivity contribution in [2.45, 2.75) is 25.4 Å². The molecule has 1 aliphatic heterocycles. The summed E-state index contributed by atoms with van der Waals surface area (Å²) in [5.74, 6) is -0.180. The Hall–Kier alpha value is -2.70. The average molecular weight is 316 g/mol. The van der Waals surface area contributed by atoms with Crippen LogP contribution in [0.3, 0.4) is 0 Å². The van der Waals surface area contributed by atoms with E-state index in [1.165, 1.54) is 6.07 Å². The van der Waals surface area contributed by atoms with E-state index >= 15 is 0 Å². The van der Waals surface area contributed by atoms with Gasteiger partial charge in [-0.1, -0.05) is 12.1 Å². The molecule has 3 rings (SSSR count). The van der Waals surface area contributed by atoms with E-state index in [0.717, 1.165) is 6.42 Å². The molecular formula is C16H17FN4O2. The number of aromatic nitrogens is 2. The Kier molecular flexibility index (Phi) is 4.65. The second kappa shape index (κ2) is 7.04. The van der Waals surface area contributed by atoms with E-state index in [2.05, 4.69) is 20.6 Å². The summed E-state index contributed by atoms with van der Waals surface area (Å²) in [7, 11) is 0. The van der Waals surface area contributed by atoms with Crippen molar-refractivity contribution in [1.82, 2.24) is 20.6 Å². The van der Waals surface area contributed by atoms with Crippen LogP contribution in [0.1, 0.15) is 30.1 Å². The van der Waals surface area contributed by atoms with Gasteiger partial charge in [0.2, 0.25) is 0 Å². The Labute approximate surface area is 133 Å². The molecule has 0 saturated carbocycles. The van der Waals surface area contributed by atoms with Gasteiger partial charge >= 0.3 is 6.03 Å². The molecule has 1 aliphatic rings. The van der Waals surface area contributed by atoms with Crippen LogP contribution in [0.15, 0.2) is 36.8 Å². The summed E-state index contributed by atoms with van der Waals surface area (Å²) < 4.78 is 19.3. The van der Waals surface area contributed by atoms with Crippen molar-refractivity contribution >= 4 is 6.03 Å². The van der Waals surface area contributed by atoms with Crippen LogP contribution in [-0.2, 0) is 6.54 Å². The first kappa shape index (κ1) is 15.2. The maximum Gasteiger partial charge on any atom is 0.315 e. The lowest BCUT2D eigenvalue weighted by molar-refractivity contribution is 0.235. The quantitative estimate of drug-likeness (QED) is 0.911. The molecule has 2 aromatic rings. The van der Waals surface area contributed by atoms with Crippen LogP contribution in [0.4, 0.5) is 9.18 Å². The lowest BCUT2D eigenvalue weighted by Gasteiger charge is -2.19. The third-order valence-electron chi connectivity index (χ3n) is 3.61. The molecular weight excluding hydrogens is 299 g/mol. The molecule has 0 bridgehead atoms. The third kappa shape index (κ3) is 3.74. The SMILES string of the molecule is O=C(NCc1cnccn1)NC1CCCOc2c(F)cccc21. The highest BCUT2D eigenvalue weighted by atomic mass is 19.1. The topological polar surface area (TPSA) is 76.1 Å². The number of rotatable bonds is 3. The number of amides is 2. The molecule has 0 aliphatic carbocycles. The molecule has 0 spiro atoms. The number of ether oxygens (including phenoxy) is 1. The number of nitrogens with zero attached hydrogens (tertiary/aromatic N) is 2. The number of carbonyl (C=O) groups is 1. The molecule has 1 aromatic heterocycles. The predicted molar refractivity (Wildman–Crippen MR) is 81.3 cm³/mol. The summed E-state index contributed by atoms with van der Waals surface area (Å²) in [5.41, 5.74) is 1.33. The van der Waals surface area contributed by atoms with Crippen LogP contribution in [0.25, 0.3) is 0 Å². The van der Waals surface area contributed by atoms with Gasteiger partial charge in [-0.2, -0.15) is 0 Å². The maximum atomic E-state index is 13.9. The minimum absolute atomic E-state index is 0.226. The zero-order valence-electron chi connectivity index (χ0n) is 12.5. The highest BCUT2D eigenvalue weighted by Crippen LogP contribution is 2.33. The van der Waals surface area contributed by atoms with Crippen LogP contribution in [0, 0.1) is 5.82 Å². The van der Waals surface area contributed by atoms with Gasteiger partial charge in [-0.3, -0.25) is 9.97 Å². The van der Waals surface area contributed by atoms with Gasteiger partial charge in [0.25, 0.3) is 0 Å². The molecule has 120 valence electrons. The second-order valence-corrected chi connectivity index (χ2v) is 5.23. The van der Waals surface area contributed by atoms with Crippen LogP contribution >= 0.6 is 0 Å². The number of para-hydroxylation sites is 1. The third-order valence-corrected chi connectivity index (χ3v) is 3.61. The fraction of sp³-hybridized carbons (Fsp3) is 0.312. The number of fused-ring (bicyclic) bond motifs is 1. The molecule has 1 unspecified atom stereocenters. The summed E-state index contributed by atoms with van der Waals surface area (Å²) in [5, 5.41) is 5.59. The van der Waals surface area contributed by atoms with Crippen LogP contribution in [-0.4, -0.2) is 22.6 Å². The van der Waals surface area contributed by atoms with Crippen molar-refractivity contribution in [2.75, 3.05) is 6.61 Å². The molecule has 0 saturated heterocycles. The van der Waals surface area contributed by atoms with Gasteiger partial charge in [0.1, 0.15) is 0 Å². The largest absolute Gasteiger partial charge is 0.490 e. The molecule has 2 N–H and O–H groups in total. The van der Waals surface area contributed by atoms with Crippen LogP contribution in [0.5, 0.6) is 5.75 Å². The first-order chi connectivity index (χ1) is 11.2. The van der Waals surface area contributed by atoms with Crippen molar-refractivity contribution in [1.29, 1.82) is 0 Å². The number of nitrogens with one attached hydrogen (secondary N) is 2. The zero-order chi connectivity index (χ0) is 16.1. The maximum absolute atomic E-state index is 13.9. The van der Waals surface area contributed by atoms with Crippen LogP contribution in [0.2, 0.25) is 0 Å². The zero-order valence-corrected chi connectivity index (χ0v) is 12.5. The molecule has 7 heteroatoms. The first-order valence-electron chi connectivity index (χ1n) is 7.44. The van der Waals surface area contributed by atoms with Crippen molar-refractivity contribution in [2.24, 2.45) is 0 Å². The number of hydrogen-bond donors (Lipinski definition) is 2. The molecule has 2 heterocycles. The monoisotopic (exact) mass is 316 g/mol. The summed E-state index contributed by atoms with van der Waals surface area (Å²) in [4.78, 5) is 20.1. The summed E-state index contributed by atoms with van der Waals surface area (Å²) in [6.07, 6.45) is 6.15. The van der Waals surface area contributed by atoms with E-state index in [1.54, 1.807) is 30.7 Å². The van der Waals surface area contributed by atoms with Crippen molar-refractivity contribution in [3.8, 4) is 5.75 Å². The molecule has 0 radical (unpaired) electrons. The van der Waals surface area contributed by atoms with Crippen molar-refractivity contribution in [3.63, 3.8) is 0 Å². The summed E-state index contributed by atoms with van der Waals surface area (Å²) in [6, 6.07) is 4.13. The van der Waals surface area contributed by atoms with Gasteiger partial charge in [-0.25, -0.2) is 9.18 Å². The standard InChI is InChI=1S/C16H17FN4O2/c17-13-4-1-3-12-14(5-2-8-23-15(12)13)21-16(22)20-10-11-9-18-6-7-19-11/h1,3-4,6-7,9,14H,2,5,8,10H2,(H2,20,21,22). The van der Waals surface area contributed by atoms with Gasteiger partial charge in [-0.05, 0) is 18.9 Å². The van der Waals surface area contributed by atoms with Gasteiger partial charge in [0.15, 0.2) is 11.6 Å². The molecule has 1 aromatic carbocycles. The van der Waals surface area contributed by atoms with E-state index < -0.39 is 5.82 Å². The Bertz CT molecular complexity index is 681. The number of urea groups is 1. The van der Waals surface area contributed by atoms with Crippen molar-refractivity contribution < 1.29 is 13.9 Å². The Morgan fingerprint density at radius 3 is 3.13 bits per heavy atom. The highest BCUT2D eigenvalue weighted by Gasteiger charge is 2.23. The van der Waals surface area contributed by atoms with Gasteiger partial charge < -0.3 is 15.4 Å². The average Bonchev–Trinajstić information content (AvgIpc) is 2.78. The number of hydrogen-bond acceptors (Lipinski definition) is 4. The molecule has 2 amide bonds. The molecule has 1 atom stereocenters. The van der Waals surface area contributed by atoms with E-state index in [4.69, 9.17) is 4.74 Å². The highest BCUT2D eigenvalue weighted by molar-refractivity contribution is 5.74. The van der Waals surface area contributed by atoms with E-state index in [9.17, 15) is 9.18 Å². The lowest BCUT2D eigenvalue weighted by atomic mass is 10.0. The first-order valence-corrected chi connectivity index (χ1v) is 7.44. The lowest BCUT2D eigenvalue weighted by Crippen LogP contribution is -2.37. The number of carbonyl (C=O) groups excluding carboxylic acids is 1. The smallest absolute Gasteiger partial charge is 0.315 e. The van der Waals surface area contributed by atoms with E-state index in [-0.39, 0.29) is 24.4 Å².